The SMILES string of the molecule is CCC1(C)OCC(C(C)C)CO1. The Hall–Kier alpha value is -0.0800. The van der Waals surface area contributed by atoms with E-state index in [0.717, 1.165) is 19.6 Å². The molecule has 0 atom stereocenters. The average molecular weight is 172 g/mol. The van der Waals surface area contributed by atoms with Crippen LogP contribution in [0.15, 0.2) is 0 Å². The molecule has 1 fully saturated rings. The molecule has 0 aromatic carbocycles. The van der Waals surface area contributed by atoms with Gasteiger partial charge in [-0.05, 0) is 19.3 Å². The van der Waals surface area contributed by atoms with Crippen molar-refractivity contribution in [2.45, 2.75) is 39.9 Å². The zero-order valence-electron chi connectivity index (χ0n) is 8.59. The molecular formula is C10H20O2. The van der Waals surface area contributed by atoms with Gasteiger partial charge >= 0.3 is 0 Å². The van der Waals surface area contributed by atoms with Crippen molar-refractivity contribution in [1.29, 1.82) is 0 Å². The first kappa shape index (κ1) is 10.0. The van der Waals surface area contributed by atoms with E-state index in [0.29, 0.717) is 11.8 Å². The van der Waals surface area contributed by atoms with Crippen molar-refractivity contribution in [2.24, 2.45) is 11.8 Å². The molecule has 0 amide bonds. The highest BCUT2D eigenvalue weighted by molar-refractivity contribution is 4.71. The van der Waals surface area contributed by atoms with Gasteiger partial charge in [-0.15, -0.1) is 0 Å². The minimum Gasteiger partial charge on any atom is -0.350 e. The quantitative estimate of drug-likeness (QED) is 0.637. The normalized spacial score (nSPS) is 37.2. The summed E-state index contributed by atoms with van der Waals surface area (Å²) in [4.78, 5) is 0. The summed E-state index contributed by atoms with van der Waals surface area (Å²) in [7, 11) is 0. The standard InChI is InChI=1S/C10H20O2/c1-5-10(4)11-6-9(7-12-10)8(2)3/h8-9H,5-7H2,1-4H3. The van der Waals surface area contributed by atoms with Crippen LogP contribution in [0.3, 0.4) is 0 Å². The summed E-state index contributed by atoms with van der Waals surface area (Å²) in [5.74, 6) is 0.918. The Morgan fingerprint density at radius 2 is 1.83 bits per heavy atom. The molecule has 0 aromatic heterocycles. The molecule has 72 valence electrons. The highest BCUT2D eigenvalue weighted by atomic mass is 16.7. The highest BCUT2D eigenvalue weighted by Crippen LogP contribution is 2.27. The average Bonchev–Trinajstić information content (AvgIpc) is 2.05. The third-order valence-electron chi connectivity index (χ3n) is 2.79. The van der Waals surface area contributed by atoms with Crippen LogP contribution in [0, 0.1) is 11.8 Å². The van der Waals surface area contributed by atoms with E-state index in [2.05, 4.69) is 20.8 Å². The van der Waals surface area contributed by atoms with Crippen LogP contribution in [0.1, 0.15) is 34.1 Å². The Balaban J connectivity index is 2.39. The Morgan fingerprint density at radius 1 is 1.33 bits per heavy atom. The predicted octanol–water partition coefficient (Wildman–Crippen LogP) is 2.43. The maximum absolute atomic E-state index is 5.67. The van der Waals surface area contributed by atoms with E-state index in [1.165, 1.54) is 0 Å². The van der Waals surface area contributed by atoms with Crippen molar-refractivity contribution >= 4 is 0 Å². The molecule has 0 aliphatic carbocycles. The second-order valence-corrected chi connectivity index (χ2v) is 4.11. The van der Waals surface area contributed by atoms with Gasteiger partial charge in [-0.3, -0.25) is 0 Å². The molecule has 0 saturated carbocycles. The molecule has 1 aliphatic heterocycles. The number of hydrogen-bond donors (Lipinski definition) is 0. The molecule has 1 saturated heterocycles. The van der Waals surface area contributed by atoms with Crippen molar-refractivity contribution in [3.8, 4) is 0 Å². The molecule has 0 spiro atoms. The Labute approximate surface area is 75.2 Å². The lowest BCUT2D eigenvalue weighted by Gasteiger charge is -2.38. The van der Waals surface area contributed by atoms with E-state index < -0.39 is 0 Å². The third-order valence-corrected chi connectivity index (χ3v) is 2.79. The summed E-state index contributed by atoms with van der Waals surface area (Å²) in [6, 6.07) is 0. The van der Waals surface area contributed by atoms with Crippen LogP contribution in [0.5, 0.6) is 0 Å². The fourth-order valence-electron chi connectivity index (χ4n) is 1.25. The van der Waals surface area contributed by atoms with Crippen molar-refractivity contribution < 1.29 is 9.47 Å². The molecule has 0 N–H and O–H groups in total. The van der Waals surface area contributed by atoms with Crippen LogP contribution in [-0.4, -0.2) is 19.0 Å². The maximum Gasteiger partial charge on any atom is 0.165 e. The van der Waals surface area contributed by atoms with Crippen LogP contribution in [0.2, 0.25) is 0 Å². The number of ether oxygens (including phenoxy) is 2. The lowest BCUT2D eigenvalue weighted by Crippen LogP contribution is -2.42. The predicted molar refractivity (Wildman–Crippen MR) is 48.9 cm³/mol. The fourth-order valence-corrected chi connectivity index (χ4v) is 1.25. The number of rotatable bonds is 2. The molecular weight excluding hydrogens is 152 g/mol. The zero-order valence-corrected chi connectivity index (χ0v) is 8.59. The van der Waals surface area contributed by atoms with Crippen molar-refractivity contribution in [3.05, 3.63) is 0 Å². The minimum absolute atomic E-state index is 0.314. The van der Waals surface area contributed by atoms with Crippen LogP contribution >= 0.6 is 0 Å². The lowest BCUT2D eigenvalue weighted by molar-refractivity contribution is -0.278. The summed E-state index contributed by atoms with van der Waals surface area (Å²) in [6.45, 7) is 10.2. The molecule has 1 rings (SSSR count). The summed E-state index contributed by atoms with van der Waals surface area (Å²) in [5.41, 5.74) is 0. The van der Waals surface area contributed by atoms with Crippen LogP contribution in [0.4, 0.5) is 0 Å². The maximum atomic E-state index is 5.67. The first-order valence-corrected chi connectivity index (χ1v) is 4.85. The van der Waals surface area contributed by atoms with Gasteiger partial charge in [-0.25, -0.2) is 0 Å². The van der Waals surface area contributed by atoms with Gasteiger partial charge in [0.1, 0.15) is 0 Å². The van der Waals surface area contributed by atoms with Gasteiger partial charge in [0.15, 0.2) is 5.79 Å². The smallest absolute Gasteiger partial charge is 0.165 e. The van der Waals surface area contributed by atoms with E-state index >= 15 is 0 Å². The number of hydrogen-bond acceptors (Lipinski definition) is 2. The van der Waals surface area contributed by atoms with E-state index in [4.69, 9.17) is 9.47 Å². The highest BCUT2D eigenvalue weighted by Gasteiger charge is 2.32. The molecule has 0 aromatic rings. The molecule has 12 heavy (non-hydrogen) atoms. The molecule has 1 aliphatic rings. The topological polar surface area (TPSA) is 18.5 Å². The molecule has 0 radical (unpaired) electrons. The first-order chi connectivity index (χ1) is 5.57. The summed E-state index contributed by atoms with van der Waals surface area (Å²) in [5, 5.41) is 0. The minimum atomic E-state index is -0.314. The molecule has 2 heteroatoms. The Bertz CT molecular complexity index is 135. The fraction of sp³-hybridized carbons (Fsp3) is 1.00. The summed E-state index contributed by atoms with van der Waals surface area (Å²) < 4.78 is 11.3. The molecule has 1 heterocycles. The monoisotopic (exact) mass is 172 g/mol. The van der Waals surface area contributed by atoms with E-state index in [-0.39, 0.29) is 5.79 Å². The van der Waals surface area contributed by atoms with E-state index in [1.807, 2.05) is 6.92 Å². The third kappa shape index (κ3) is 2.20. The van der Waals surface area contributed by atoms with Gasteiger partial charge in [-0.1, -0.05) is 20.8 Å². The van der Waals surface area contributed by atoms with Crippen molar-refractivity contribution in [3.63, 3.8) is 0 Å². The van der Waals surface area contributed by atoms with Gasteiger partial charge in [0, 0.05) is 5.92 Å². The second-order valence-electron chi connectivity index (χ2n) is 4.11. The zero-order chi connectivity index (χ0) is 9.19. The van der Waals surface area contributed by atoms with E-state index in [1.54, 1.807) is 0 Å². The van der Waals surface area contributed by atoms with Gasteiger partial charge in [0.05, 0.1) is 13.2 Å². The molecule has 0 unspecified atom stereocenters. The largest absolute Gasteiger partial charge is 0.350 e. The van der Waals surface area contributed by atoms with Gasteiger partial charge < -0.3 is 9.47 Å². The first-order valence-electron chi connectivity index (χ1n) is 4.85. The lowest BCUT2D eigenvalue weighted by atomic mass is 9.96. The van der Waals surface area contributed by atoms with Gasteiger partial charge in [-0.2, -0.15) is 0 Å². The second kappa shape index (κ2) is 3.75. The molecule has 2 nitrogen and oxygen atoms in total. The van der Waals surface area contributed by atoms with Crippen molar-refractivity contribution in [1.82, 2.24) is 0 Å². The Morgan fingerprint density at radius 3 is 2.17 bits per heavy atom. The van der Waals surface area contributed by atoms with Crippen LogP contribution in [-0.2, 0) is 9.47 Å². The van der Waals surface area contributed by atoms with Gasteiger partial charge in [0.25, 0.3) is 0 Å². The van der Waals surface area contributed by atoms with Gasteiger partial charge in [0.2, 0.25) is 0 Å². The Kier molecular flexibility index (Phi) is 3.13. The van der Waals surface area contributed by atoms with E-state index in [9.17, 15) is 0 Å². The van der Waals surface area contributed by atoms with Crippen molar-refractivity contribution in [2.75, 3.05) is 13.2 Å². The van der Waals surface area contributed by atoms with Crippen LogP contribution in [0.25, 0.3) is 0 Å². The van der Waals surface area contributed by atoms with Crippen LogP contribution < -0.4 is 0 Å². The molecule has 0 bridgehead atoms. The summed E-state index contributed by atoms with van der Waals surface area (Å²) in [6.07, 6.45) is 0.928. The summed E-state index contributed by atoms with van der Waals surface area (Å²) >= 11 is 0.